The molecule has 1 amide bonds. The van der Waals surface area contributed by atoms with Gasteiger partial charge in [0.1, 0.15) is 0 Å². The largest absolute Gasteiger partial charge is 0.347 e. The zero-order chi connectivity index (χ0) is 15.2. The van der Waals surface area contributed by atoms with Crippen molar-refractivity contribution < 1.29 is 4.79 Å². The summed E-state index contributed by atoms with van der Waals surface area (Å²) < 4.78 is 0. The molecule has 0 radical (unpaired) electrons. The molecule has 1 atom stereocenters. The van der Waals surface area contributed by atoms with Crippen LogP contribution in [0.2, 0.25) is 0 Å². The normalized spacial score (nSPS) is 17.7. The van der Waals surface area contributed by atoms with E-state index in [1.54, 1.807) is 6.20 Å². The number of aryl methyl sites for hydroxylation is 1. The topological polar surface area (TPSA) is 57.3 Å². The molecule has 0 spiro atoms. The van der Waals surface area contributed by atoms with E-state index in [1.165, 1.54) is 0 Å². The number of pyridine rings is 1. The Kier molecular flexibility index (Phi) is 5.70. The van der Waals surface area contributed by atoms with Crippen LogP contribution in [0.5, 0.6) is 0 Å². The fourth-order valence-electron chi connectivity index (χ4n) is 2.91. The maximum absolute atomic E-state index is 12.2. The molecule has 1 aromatic heterocycles. The number of carbonyl (C=O) groups excluding carboxylic acids is 1. The Balaban J connectivity index is 1.85. The average Bonchev–Trinajstić information content (AvgIpc) is 2.48. The highest BCUT2D eigenvalue weighted by Crippen LogP contribution is 2.14. The van der Waals surface area contributed by atoms with Crippen LogP contribution < -0.4 is 10.6 Å². The van der Waals surface area contributed by atoms with Gasteiger partial charge in [0.05, 0.1) is 18.3 Å². The lowest BCUT2D eigenvalue weighted by atomic mass is 10.1. The molecular weight excluding hydrogens is 264 g/mol. The van der Waals surface area contributed by atoms with Crippen molar-refractivity contribution in [2.24, 2.45) is 0 Å². The van der Waals surface area contributed by atoms with Crippen molar-refractivity contribution in [3.63, 3.8) is 0 Å². The number of nitrogens with one attached hydrogen (secondary N) is 2. The van der Waals surface area contributed by atoms with E-state index >= 15 is 0 Å². The number of rotatable bonds is 5. The predicted molar refractivity (Wildman–Crippen MR) is 84.1 cm³/mol. The number of nitrogens with zero attached hydrogens (tertiary/aromatic N) is 2. The first-order chi connectivity index (χ1) is 10.1. The van der Waals surface area contributed by atoms with Crippen LogP contribution in [0.15, 0.2) is 18.3 Å². The number of aromatic nitrogens is 1. The minimum Gasteiger partial charge on any atom is -0.347 e. The molecule has 1 aromatic rings. The molecule has 5 heteroatoms. The lowest BCUT2D eigenvalue weighted by molar-refractivity contribution is -0.123. The van der Waals surface area contributed by atoms with E-state index < -0.39 is 0 Å². The lowest BCUT2D eigenvalue weighted by Gasteiger charge is -2.31. The number of hydrogen-bond donors (Lipinski definition) is 2. The fourth-order valence-corrected chi connectivity index (χ4v) is 2.91. The summed E-state index contributed by atoms with van der Waals surface area (Å²) in [5.41, 5.74) is 2.05. The Labute approximate surface area is 127 Å². The zero-order valence-corrected chi connectivity index (χ0v) is 13.2. The van der Waals surface area contributed by atoms with Crippen LogP contribution in [0.1, 0.15) is 37.1 Å². The van der Waals surface area contributed by atoms with Crippen LogP contribution in [0.3, 0.4) is 0 Å². The fraction of sp³-hybridized carbons (Fsp3) is 0.625. The molecule has 0 aliphatic carbocycles. The summed E-state index contributed by atoms with van der Waals surface area (Å²) >= 11 is 0. The van der Waals surface area contributed by atoms with Crippen LogP contribution in [-0.4, -0.2) is 48.5 Å². The van der Waals surface area contributed by atoms with Gasteiger partial charge in [-0.25, -0.2) is 0 Å². The summed E-state index contributed by atoms with van der Waals surface area (Å²) in [4.78, 5) is 18.7. The molecule has 1 saturated heterocycles. The van der Waals surface area contributed by atoms with Gasteiger partial charge < -0.3 is 10.6 Å². The Morgan fingerprint density at radius 3 is 2.90 bits per heavy atom. The Hall–Kier alpha value is -1.46. The molecule has 1 aliphatic heterocycles. The van der Waals surface area contributed by atoms with E-state index in [9.17, 15) is 4.79 Å². The smallest absolute Gasteiger partial charge is 0.234 e. The van der Waals surface area contributed by atoms with Crippen molar-refractivity contribution >= 4 is 5.91 Å². The number of amides is 1. The first-order valence-corrected chi connectivity index (χ1v) is 7.69. The van der Waals surface area contributed by atoms with Gasteiger partial charge >= 0.3 is 0 Å². The standard InChI is InChI=1S/C16H26N4O/c1-12-5-4-8-18-16(12)13(2)19-15(21)11-20(3)14-6-9-17-10-7-14/h4-5,8,13-14,17H,6-7,9-11H2,1-3H3,(H,19,21)/t13-/m0/s1. The van der Waals surface area contributed by atoms with Crippen molar-refractivity contribution in [2.75, 3.05) is 26.7 Å². The van der Waals surface area contributed by atoms with Gasteiger partial charge in [0.15, 0.2) is 0 Å². The molecule has 0 aromatic carbocycles. The third-order valence-corrected chi connectivity index (χ3v) is 4.16. The molecule has 0 saturated carbocycles. The van der Waals surface area contributed by atoms with Crippen molar-refractivity contribution in [3.05, 3.63) is 29.6 Å². The summed E-state index contributed by atoms with van der Waals surface area (Å²) in [5, 5.41) is 6.40. The summed E-state index contributed by atoms with van der Waals surface area (Å²) in [7, 11) is 2.03. The molecule has 2 N–H and O–H groups in total. The highest BCUT2D eigenvalue weighted by molar-refractivity contribution is 5.78. The van der Waals surface area contributed by atoms with Gasteiger partial charge in [-0.15, -0.1) is 0 Å². The number of piperidine rings is 1. The van der Waals surface area contributed by atoms with Crippen molar-refractivity contribution in [1.29, 1.82) is 0 Å². The van der Waals surface area contributed by atoms with Gasteiger partial charge in [-0.2, -0.15) is 0 Å². The van der Waals surface area contributed by atoms with Crippen LogP contribution in [0.4, 0.5) is 0 Å². The maximum atomic E-state index is 12.2. The minimum atomic E-state index is -0.0554. The first-order valence-electron chi connectivity index (χ1n) is 7.69. The Bertz CT molecular complexity index is 471. The van der Waals surface area contributed by atoms with Gasteiger partial charge in [0.25, 0.3) is 0 Å². The monoisotopic (exact) mass is 290 g/mol. The lowest BCUT2D eigenvalue weighted by Crippen LogP contribution is -2.45. The molecule has 1 fully saturated rings. The van der Waals surface area contributed by atoms with E-state index in [1.807, 2.05) is 33.0 Å². The van der Waals surface area contributed by atoms with Gasteiger partial charge in [0, 0.05) is 12.2 Å². The second kappa shape index (κ2) is 7.52. The Morgan fingerprint density at radius 1 is 1.52 bits per heavy atom. The second-order valence-corrected chi connectivity index (χ2v) is 5.89. The van der Waals surface area contributed by atoms with Crippen LogP contribution in [-0.2, 0) is 4.79 Å². The molecule has 116 valence electrons. The van der Waals surface area contributed by atoms with E-state index in [0.717, 1.165) is 37.2 Å². The third-order valence-electron chi connectivity index (χ3n) is 4.16. The van der Waals surface area contributed by atoms with Crippen molar-refractivity contribution in [1.82, 2.24) is 20.5 Å². The van der Waals surface area contributed by atoms with Crippen LogP contribution in [0.25, 0.3) is 0 Å². The molecule has 0 unspecified atom stereocenters. The molecule has 1 aliphatic rings. The third kappa shape index (κ3) is 4.51. The summed E-state index contributed by atoms with van der Waals surface area (Å²) in [5.74, 6) is 0.0635. The second-order valence-electron chi connectivity index (χ2n) is 5.89. The highest BCUT2D eigenvalue weighted by Gasteiger charge is 2.20. The molecular formula is C16H26N4O. The average molecular weight is 290 g/mol. The SMILES string of the molecule is Cc1cccnc1[C@H](C)NC(=O)CN(C)C1CCNCC1. The number of carbonyl (C=O) groups is 1. The van der Waals surface area contributed by atoms with Crippen LogP contribution in [0, 0.1) is 6.92 Å². The Morgan fingerprint density at radius 2 is 2.24 bits per heavy atom. The highest BCUT2D eigenvalue weighted by atomic mass is 16.2. The number of hydrogen-bond acceptors (Lipinski definition) is 4. The molecule has 21 heavy (non-hydrogen) atoms. The van der Waals surface area contributed by atoms with Gasteiger partial charge in [0.2, 0.25) is 5.91 Å². The van der Waals surface area contributed by atoms with Crippen LogP contribution >= 0.6 is 0 Å². The van der Waals surface area contributed by atoms with E-state index in [4.69, 9.17) is 0 Å². The molecule has 2 rings (SSSR count). The summed E-state index contributed by atoms with van der Waals surface area (Å²) in [6.07, 6.45) is 3.99. The first kappa shape index (κ1) is 15.9. The van der Waals surface area contributed by atoms with E-state index in [2.05, 4.69) is 20.5 Å². The maximum Gasteiger partial charge on any atom is 0.234 e. The minimum absolute atomic E-state index is 0.0554. The van der Waals surface area contributed by atoms with Gasteiger partial charge in [-0.3, -0.25) is 14.7 Å². The van der Waals surface area contributed by atoms with Gasteiger partial charge in [-0.05, 0) is 58.5 Å². The van der Waals surface area contributed by atoms with Crippen molar-refractivity contribution in [3.8, 4) is 0 Å². The molecule has 0 bridgehead atoms. The number of likely N-dealkylation sites (N-methyl/N-ethyl adjacent to an activating group) is 1. The quantitative estimate of drug-likeness (QED) is 0.857. The van der Waals surface area contributed by atoms with E-state index in [-0.39, 0.29) is 11.9 Å². The molecule has 2 heterocycles. The zero-order valence-electron chi connectivity index (χ0n) is 13.2. The van der Waals surface area contributed by atoms with Gasteiger partial charge in [-0.1, -0.05) is 6.07 Å². The summed E-state index contributed by atoms with van der Waals surface area (Å²) in [6.45, 7) is 6.53. The van der Waals surface area contributed by atoms with Crippen molar-refractivity contribution in [2.45, 2.75) is 38.8 Å². The van der Waals surface area contributed by atoms with E-state index in [0.29, 0.717) is 12.6 Å². The summed E-state index contributed by atoms with van der Waals surface area (Å²) in [6, 6.07) is 4.38. The molecule has 5 nitrogen and oxygen atoms in total. The predicted octanol–water partition coefficient (Wildman–Crippen LogP) is 1.25.